The van der Waals surface area contributed by atoms with E-state index >= 15 is 0 Å². The van der Waals surface area contributed by atoms with E-state index in [-0.39, 0.29) is 12.6 Å². The molecule has 0 aliphatic carbocycles. The largest absolute Gasteiger partial charge is 0.394 e. The van der Waals surface area contributed by atoms with Crippen molar-refractivity contribution in [1.29, 1.82) is 0 Å². The molecule has 0 fully saturated rings. The van der Waals surface area contributed by atoms with E-state index in [4.69, 9.17) is 22.4 Å². The lowest BCUT2D eigenvalue weighted by Crippen LogP contribution is -2.14. The second-order valence-electron chi connectivity index (χ2n) is 3.66. The Hall–Kier alpha value is -1.03. The van der Waals surface area contributed by atoms with Gasteiger partial charge in [0.25, 0.3) is 0 Å². The summed E-state index contributed by atoms with van der Waals surface area (Å²) >= 11 is 6.15. The average Bonchev–Trinajstić information content (AvgIpc) is 2.59. The Morgan fingerprint density at radius 3 is 2.93 bits per heavy atom. The van der Waals surface area contributed by atoms with E-state index in [0.29, 0.717) is 5.02 Å². The van der Waals surface area contributed by atoms with Gasteiger partial charge >= 0.3 is 0 Å². The Kier molecular flexibility index (Phi) is 2.69. The highest BCUT2D eigenvalue weighted by molar-refractivity contribution is 6.35. The molecule has 0 unspecified atom stereocenters. The van der Waals surface area contributed by atoms with Crippen LogP contribution in [0.2, 0.25) is 5.02 Å². The number of nitrogens with two attached hydrogens (primary N) is 1. The molecule has 2 rings (SSSR count). The number of halogens is 1. The Balaban J connectivity index is 2.63. The van der Waals surface area contributed by atoms with Crippen LogP contribution in [0.1, 0.15) is 11.6 Å². The molecule has 2 aromatic rings. The number of aliphatic hydroxyl groups excluding tert-OH is 1. The number of hydrogen-bond acceptors (Lipinski definition) is 2. The van der Waals surface area contributed by atoms with E-state index < -0.39 is 0 Å². The van der Waals surface area contributed by atoms with Gasteiger partial charge in [-0.15, -0.1) is 0 Å². The third-order valence-corrected chi connectivity index (χ3v) is 2.86. The fourth-order valence-electron chi connectivity index (χ4n) is 1.73. The third-order valence-electron chi connectivity index (χ3n) is 2.57. The maximum absolute atomic E-state index is 8.98. The van der Waals surface area contributed by atoms with E-state index in [0.717, 1.165) is 16.5 Å². The Morgan fingerprint density at radius 1 is 1.53 bits per heavy atom. The minimum absolute atomic E-state index is 0.0747. The van der Waals surface area contributed by atoms with Crippen LogP contribution in [0, 0.1) is 0 Å². The van der Waals surface area contributed by atoms with Crippen molar-refractivity contribution in [2.75, 3.05) is 6.61 Å². The molecule has 3 N–H and O–H groups in total. The number of aryl methyl sites for hydroxylation is 1. The first kappa shape index (κ1) is 10.5. The second kappa shape index (κ2) is 3.85. The lowest BCUT2D eigenvalue weighted by atomic mass is 10.1. The summed E-state index contributed by atoms with van der Waals surface area (Å²) in [5.74, 6) is 0. The number of benzene rings is 1. The van der Waals surface area contributed by atoms with Gasteiger partial charge in [-0.25, -0.2) is 0 Å². The number of aromatic nitrogens is 1. The van der Waals surface area contributed by atoms with Crippen LogP contribution in [0.3, 0.4) is 0 Å². The predicted molar refractivity (Wildman–Crippen MR) is 61.9 cm³/mol. The van der Waals surface area contributed by atoms with Crippen molar-refractivity contribution in [2.45, 2.75) is 6.04 Å². The molecule has 1 aromatic carbocycles. The summed E-state index contributed by atoms with van der Waals surface area (Å²) in [6.45, 7) is -0.0747. The highest BCUT2D eigenvalue weighted by Gasteiger charge is 2.10. The predicted octanol–water partition coefficient (Wildman–Crippen LogP) is 1.82. The molecule has 0 aliphatic rings. The molecule has 1 aromatic heterocycles. The van der Waals surface area contributed by atoms with Crippen LogP contribution < -0.4 is 5.73 Å². The van der Waals surface area contributed by atoms with Gasteiger partial charge in [0.15, 0.2) is 0 Å². The molecule has 0 spiro atoms. The third kappa shape index (κ3) is 1.74. The first-order valence-corrected chi connectivity index (χ1v) is 5.12. The number of fused-ring (bicyclic) bond motifs is 1. The summed E-state index contributed by atoms with van der Waals surface area (Å²) in [5.41, 5.74) is 7.60. The van der Waals surface area contributed by atoms with Gasteiger partial charge < -0.3 is 15.4 Å². The standard InChI is InChI=1S/C11H13ClN2O/c1-14-3-2-7-4-8(10(13)6-15)5-9(12)11(7)14/h2-5,10,15H,6,13H2,1H3/t10-/m1/s1. The van der Waals surface area contributed by atoms with E-state index in [1.54, 1.807) is 0 Å². The molecule has 0 aliphatic heterocycles. The molecule has 0 amide bonds. The molecule has 0 saturated heterocycles. The van der Waals surface area contributed by atoms with E-state index in [2.05, 4.69) is 0 Å². The minimum Gasteiger partial charge on any atom is -0.394 e. The van der Waals surface area contributed by atoms with Crippen molar-refractivity contribution >= 4 is 22.5 Å². The molecule has 80 valence electrons. The Morgan fingerprint density at radius 2 is 2.27 bits per heavy atom. The minimum atomic E-state index is -0.368. The molecule has 15 heavy (non-hydrogen) atoms. The SMILES string of the molecule is Cn1ccc2cc([C@H](N)CO)cc(Cl)c21. The van der Waals surface area contributed by atoms with Crippen LogP contribution in [0.4, 0.5) is 0 Å². The number of aliphatic hydroxyl groups is 1. The van der Waals surface area contributed by atoms with Crippen LogP contribution >= 0.6 is 11.6 Å². The smallest absolute Gasteiger partial charge is 0.0667 e. The second-order valence-corrected chi connectivity index (χ2v) is 4.06. The zero-order valence-electron chi connectivity index (χ0n) is 8.44. The van der Waals surface area contributed by atoms with Gasteiger partial charge in [0, 0.05) is 18.6 Å². The highest BCUT2D eigenvalue weighted by Crippen LogP contribution is 2.27. The van der Waals surface area contributed by atoms with E-state index in [1.165, 1.54) is 0 Å². The topological polar surface area (TPSA) is 51.2 Å². The number of hydrogen-bond donors (Lipinski definition) is 2. The zero-order valence-corrected chi connectivity index (χ0v) is 9.20. The van der Waals surface area contributed by atoms with Crippen molar-refractivity contribution in [3.63, 3.8) is 0 Å². The lowest BCUT2D eigenvalue weighted by Gasteiger charge is -2.10. The van der Waals surface area contributed by atoms with E-state index in [9.17, 15) is 0 Å². The van der Waals surface area contributed by atoms with Crippen LogP contribution in [0.25, 0.3) is 10.9 Å². The van der Waals surface area contributed by atoms with Crippen LogP contribution in [0.15, 0.2) is 24.4 Å². The first-order valence-electron chi connectivity index (χ1n) is 4.74. The van der Waals surface area contributed by atoms with Gasteiger partial charge in [0.1, 0.15) is 0 Å². The molecule has 4 heteroatoms. The van der Waals surface area contributed by atoms with Crippen molar-refractivity contribution in [3.05, 3.63) is 35.0 Å². The summed E-state index contributed by atoms with van der Waals surface area (Å²) in [6.07, 6.45) is 1.95. The molecule has 0 radical (unpaired) electrons. The summed E-state index contributed by atoms with van der Waals surface area (Å²) < 4.78 is 1.96. The number of nitrogens with zero attached hydrogens (tertiary/aromatic N) is 1. The molecule has 1 heterocycles. The maximum atomic E-state index is 8.98. The van der Waals surface area contributed by atoms with E-state index in [1.807, 2.05) is 36.0 Å². The lowest BCUT2D eigenvalue weighted by molar-refractivity contribution is 0.268. The molecular weight excluding hydrogens is 212 g/mol. The maximum Gasteiger partial charge on any atom is 0.0667 e. The Labute approximate surface area is 93.1 Å². The zero-order chi connectivity index (χ0) is 11.0. The molecular formula is C11H13ClN2O. The summed E-state index contributed by atoms with van der Waals surface area (Å²) in [4.78, 5) is 0. The van der Waals surface area contributed by atoms with Crippen LogP contribution in [-0.2, 0) is 7.05 Å². The molecule has 0 bridgehead atoms. The van der Waals surface area contributed by atoms with Crippen molar-refractivity contribution in [3.8, 4) is 0 Å². The fraction of sp³-hybridized carbons (Fsp3) is 0.273. The monoisotopic (exact) mass is 224 g/mol. The molecule has 1 atom stereocenters. The number of rotatable bonds is 2. The fourth-order valence-corrected chi connectivity index (χ4v) is 2.10. The van der Waals surface area contributed by atoms with Crippen molar-refractivity contribution < 1.29 is 5.11 Å². The van der Waals surface area contributed by atoms with Crippen molar-refractivity contribution in [2.24, 2.45) is 12.8 Å². The average molecular weight is 225 g/mol. The summed E-state index contributed by atoms with van der Waals surface area (Å²) in [5, 5.41) is 10.7. The summed E-state index contributed by atoms with van der Waals surface area (Å²) in [6, 6.07) is 5.38. The van der Waals surface area contributed by atoms with Crippen LogP contribution in [-0.4, -0.2) is 16.3 Å². The first-order chi connectivity index (χ1) is 7.13. The van der Waals surface area contributed by atoms with Gasteiger partial charge in [0.2, 0.25) is 0 Å². The molecule has 3 nitrogen and oxygen atoms in total. The van der Waals surface area contributed by atoms with Gasteiger partial charge in [-0.05, 0) is 23.8 Å². The normalized spacial score (nSPS) is 13.3. The highest BCUT2D eigenvalue weighted by atomic mass is 35.5. The Bertz CT molecular complexity index is 493. The van der Waals surface area contributed by atoms with Gasteiger partial charge in [-0.3, -0.25) is 0 Å². The van der Waals surface area contributed by atoms with Crippen LogP contribution in [0.5, 0.6) is 0 Å². The summed E-state index contributed by atoms with van der Waals surface area (Å²) in [7, 11) is 1.94. The van der Waals surface area contributed by atoms with Gasteiger partial charge in [-0.1, -0.05) is 11.6 Å². The molecule has 0 saturated carbocycles. The van der Waals surface area contributed by atoms with Crippen molar-refractivity contribution in [1.82, 2.24) is 4.57 Å². The van der Waals surface area contributed by atoms with Gasteiger partial charge in [0.05, 0.1) is 23.2 Å². The quantitative estimate of drug-likeness (QED) is 0.818. The van der Waals surface area contributed by atoms with Gasteiger partial charge in [-0.2, -0.15) is 0 Å².